The van der Waals surface area contributed by atoms with Crippen LogP contribution in [0.3, 0.4) is 0 Å². The molecule has 1 saturated heterocycles. The van der Waals surface area contributed by atoms with Gasteiger partial charge in [-0.3, -0.25) is 14.9 Å². The van der Waals surface area contributed by atoms with Crippen LogP contribution < -0.4 is 15.1 Å². The van der Waals surface area contributed by atoms with Gasteiger partial charge in [-0.15, -0.1) is 0 Å². The fourth-order valence-electron chi connectivity index (χ4n) is 3.61. The fourth-order valence-corrected chi connectivity index (χ4v) is 3.61. The number of amides is 1. The predicted octanol–water partition coefficient (Wildman–Crippen LogP) is 3.88. The molecule has 3 aromatic carbocycles. The molecule has 3 aromatic rings. The number of nitro benzene ring substituents is 1. The van der Waals surface area contributed by atoms with Gasteiger partial charge in [-0.1, -0.05) is 36.4 Å². The molecule has 158 valence electrons. The summed E-state index contributed by atoms with van der Waals surface area (Å²) in [5, 5.41) is 17.5. The smallest absolute Gasteiger partial charge is 0.293 e. The van der Waals surface area contributed by atoms with Crippen molar-refractivity contribution in [2.24, 2.45) is 5.10 Å². The molecule has 0 radical (unpaired) electrons. The molecular weight excluding hydrogens is 396 g/mol. The zero-order valence-electron chi connectivity index (χ0n) is 16.9. The second kappa shape index (κ2) is 9.25. The first-order valence-corrected chi connectivity index (χ1v) is 10.1. The molecule has 1 amide bonds. The van der Waals surface area contributed by atoms with E-state index in [9.17, 15) is 14.9 Å². The van der Waals surface area contributed by atoms with Crippen molar-refractivity contribution in [1.29, 1.82) is 0 Å². The summed E-state index contributed by atoms with van der Waals surface area (Å²) in [6.07, 6.45) is 3.45. The lowest BCUT2D eigenvalue weighted by Crippen LogP contribution is -2.24. The predicted molar refractivity (Wildman–Crippen MR) is 120 cm³/mol. The molecule has 1 aliphatic heterocycles. The van der Waals surface area contributed by atoms with Crippen LogP contribution in [-0.2, 0) is 4.79 Å². The molecule has 0 bridgehead atoms. The van der Waals surface area contributed by atoms with Gasteiger partial charge < -0.3 is 9.64 Å². The van der Waals surface area contributed by atoms with Crippen molar-refractivity contribution in [3.05, 3.63) is 76.3 Å². The fraction of sp³-hybridized carbons (Fsp3) is 0.217. The Morgan fingerprint density at radius 3 is 2.65 bits per heavy atom. The van der Waals surface area contributed by atoms with Crippen molar-refractivity contribution in [2.45, 2.75) is 12.8 Å². The lowest BCUT2D eigenvalue weighted by molar-refractivity contribution is -0.384. The highest BCUT2D eigenvalue weighted by molar-refractivity contribution is 5.86. The molecule has 1 heterocycles. The zero-order valence-corrected chi connectivity index (χ0v) is 16.9. The highest BCUT2D eigenvalue weighted by atomic mass is 16.6. The summed E-state index contributed by atoms with van der Waals surface area (Å²) in [7, 11) is 0. The maximum absolute atomic E-state index is 12.0. The van der Waals surface area contributed by atoms with E-state index in [0.717, 1.165) is 36.7 Å². The standard InChI is InChI=1S/C23H22N4O4/c28-23(16-31-20-9-8-18-5-1-2-6-19(18)14-20)25-24-15-17-7-10-21(22(13-17)27(29)30)26-11-3-4-12-26/h1-2,5-10,13-15H,3-4,11-12,16H2,(H,25,28)/b24-15+. The average molecular weight is 418 g/mol. The second-order valence-corrected chi connectivity index (χ2v) is 7.29. The SMILES string of the molecule is O=C(COc1ccc2ccccc2c1)N/N=C/c1ccc(N2CCCC2)c([N+](=O)[O-])c1. The minimum Gasteiger partial charge on any atom is -0.484 e. The summed E-state index contributed by atoms with van der Waals surface area (Å²) >= 11 is 0. The Kier molecular flexibility index (Phi) is 6.07. The number of rotatable bonds is 7. The van der Waals surface area contributed by atoms with E-state index in [2.05, 4.69) is 10.5 Å². The van der Waals surface area contributed by atoms with Crippen molar-refractivity contribution in [1.82, 2.24) is 5.43 Å². The number of nitro groups is 1. The number of carbonyl (C=O) groups excluding carboxylic acids is 1. The van der Waals surface area contributed by atoms with Gasteiger partial charge in [-0.05, 0) is 41.8 Å². The Morgan fingerprint density at radius 2 is 1.87 bits per heavy atom. The normalized spacial score (nSPS) is 13.6. The van der Waals surface area contributed by atoms with E-state index < -0.39 is 5.91 Å². The molecule has 0 spiro atoms. The number of nitrogens with zero attached hydrogens (tertiary/aromatic N) is 3. The summed E-state index contributed by atoms with van der Waals surface area (Å²) in [5.41, 5.74) is 3.57. The minimum atomic E-state index is -0.424. The number of hydrazone groups is 1. The highest BCUT2D eigenvalue weighted by Crippen LogP contribution is 2.31. The largest absolute Gasteiger partial charge is 0.484 e. The van der Waals surface area contributed by atoms with Gasteiger partial charge in [0.1, 0.15) is 11.4 Å². The topological polar surface area (TPSA) is 97.1 Å². The molecule has 1 fully saturated rings. The Hall–Kier alpha value is -3.94. The van der Waals surface area contributed by atoms with Crippen molar-refractivity contribution >= 4 is 34.3 Å². The first-order valence-electron chi connectivity index (χ1n) is 10.1. The maximum atomic E-state index is 12.0. The van der Waals surface area contributed by atoms with Crippen molar-refractivity contribution in [3.63, 3.8) is 0 Å². The number of ether oxygens (including phenoxy) is 1. The van der Waals surface area contributed by atoms with E-state index in [4.69, 9.17) is 4.74 Å². The average Bonchev–Trinajstić information content (AvgIpc) is 3.32. The number of fused-ring (bicyclic) bond motifs is 1. The summed E-state index contributed by atoms with van der Waals surface area (Å²) in [4.78, 5) is 25.1. The highest BCUT2D eigenvalue weighted by Gasteiger charge is 2.22. The van der Waals surface area contributed by atoms with Gasteiger partial charge in [0.05, 0.1) is 11.1 Å². The van der Waals surface area contributed by atoms with Crippen LogP contribution in [0, 0.1) is 10.1 Å². The van der Waals surface area contributed by atoms with E-state index in [1.54, 1.807) is 18.2 Å². The van der Waals surface area contributed by atoms with Crippen LogP contribution in [0.2, 0.25) is 0 Å². The van der Waals surface area contributed by atoms with Crippen LogP contribution in [0.4, 0.5) is 11.4 Å². The van der Waals surface area contributed by atoms with Gasteiger partial charge in [0, 0.05) is 24.7 Å². The summed E-state index contributed by atoms with van der Waals surface area (Å²) in [5.74, 6) is 0.165. The van der Waals surface area contributed by atoms with Crippen LogP contribution in [0.5, 0.6) is 5.75 Å². The van der Waals surface area contributed by atoms with Gasteiger partial charge in [-0.2, -0.15) is 5.10 Å². The Bertz CT molecular complexity index is 1140. The summed E-state index contributed by atoms with van der Waals surface area (Å²) in [6, 6.07) is 18.4. The van der Waals surface area contributed by atoms with Gasteiger partial charge in [0.25, 0.3) is 11.6 Å². The first kappa shape index (κ1) is 20.3. The molecule has 0 saturated carbocycles. The van der Waals surface area contributed by atoms with Gasteiger partial charge in [-0.25, -0.2) is 5.43 Å². The molecule has 0 unspecified atom stereocenters. The number of hydrogen-bond acceptors (Lipinski definition) is 6. The van der Waals surface area contributed by atoms with E-state index >= 15 is 0 Å². The number of carbonyl (C=O) groups is 1. The molecule has 8 heteroatoms. The van der Waals surface area contributed by atoms with Crippen LogP contribution in [0.1, 0.15) is 18.4 Å². The third-order valence-electron chi connectivity index (χ3n) is 5.14. The van der Waals surface area contributed by atoms with Crippen molar-refractivity contribution < 1.29 is 14.5 Å². The number of nitrogens with one attached hydrogen (secondary N) is 1. The first-order chi connectivity index (χ1) is 15.1. The van der Waals surface area contributed by atoms with E-state index in [1.807, 2.05) is 41.3 Å². The van der Waals surface area contributed by atoms with Crippen LogP contribution in [0.15, 0.2) is 65.8 Å². The molecule has 1 N–H and O–H groups in total. The zero-order chi connectivity index (χ0) is 21.6. The van der Waals surface area contributed by atoms with Crippen molar-refractivity contribution in [3.8, 4) is 5.75 Å². The van der Waals surface area contributed by atoms with Crippen molar-refractivity contribution in [2.75, 3.05) is 24.6 Å². The monoisotopic (exact) mass is 418 g/mol. The number of hydrogen-bond donors (Lipinski definition) is 1. The molecule has 0 atom stereocenters. The maximum Gasteiger partial charge on any atom is 0.293 e. The molecular formula is C23H22N4O4. The summed E-state index contributed by atoms with van der Waals surface area (Å²) < 4.78 is 5.52. The van der Waals surface area contributed by atoms with Gasteiger partial charge in [0.15, 0.2) is 6.61 Å². The van der Waals surface area contributed by atoms with Gasteiger partial charge >= 0.3 is 0 Å². The Morgan fingerprint density at radius 1 is 1.10 bits per heavy atom. The third kappa shape index (κ3) is 4.98. The van der Waals surface area contributed by atoms with Crippen LogP contribution >= 0.6 is 0 Å². The van der Waals surface area contributed by atoms with E-state index in [1.165, 1.54) is 12.3 Å². The molecule has 4 rings (SSSR count). The molecule has 1 aliphatic rings. The second-order valence-electron chi connectivity index (χ2n) is 7.29. The molecule has 8 nitrogen and oxygen atoms in total. The Labute approximate surface area is 179 Å². The molecule has 31 heavy (non-hydrogen) atoms. The lowest BCUT2D eigenvalue weighted by Gasteiger charge is -2.17. The number of anilines is 1. The van der Waals surface area contributed by atoms with Gasteiger partial charge in [0.2, 0.25) is 0 Å². The number of benzene rings is 3. The van der Waals surface area contributed by atoms with Crippen LogP contribution in [-0.4, -0.2) is 36.7 Å². The third-order valence-corrected chi connectivity index (χ3v) is 5.14. The minimum absolute atomic E-state index is 0.0387. The molecule has 0 aromatic heterocycles. The van der Waals surface area contributed by atoms with E-state index in [0.29, 0.717) is 17.0 Å². The van der Waals surface area contributed by atoms with E-state index in [-0.39, 0.29) is 17.2 Å². The summed E-state index contributed by atoms with van der Waals surface area (Å²) in [6.45, 7) is 1.45. The Balaban J connectivity index is 1.34. The van der Waals surface area contributed by atoms with Crippen LogP contribution in [0.25, 0.3) is 10.8 Å². The lowest BCUT2D eigenvalue weighted by atomic mass is 10.1. The quantitative estimate of drug-likeness (QED) is 0.357. The molecule has 0 aliphatic carbocycles.